The summed E-state index contributed by atoms with van der Waals surface area (Å²) >= 11 is 0. The Balaban J connectivity index is 2.19. The lowest BCUT2D eigenvalue weighted by molar-refractivity contribution is 0.0180. The van der Waals surface area contributed by atoms with Crippen molar-refractivity contribution in [2.75, 3.05) is 33.2 Å². The van der Waals surface area contributed by atoms with E-state index in [1.807, 2.05) is 0 Å². The van der Waals surface area contributed by atoms with Gasteiger partial charge in [0.05, 0.1) is 0 Å². The molecule has 3 heteroatoms. The normalized spacial score (nSPS) is 22.4. The molecule has 106 valence electrons. The summed E-state index contributed by atoms with van der Waals surface area (Å²) in [6.07, 6.45) is 0. The van der Waals surface area contributed by atoms with E-state index >= 15 is 0 Å². The lowest BCUT2D eigenvalue weighted by Gasteiger charge is -2.48. The van der Waals surface area contributed by atoms with Crippen molar-refractivity contribution in [3.8, 4) is 0 Å². The predicted molar refractivity (Wildman–Crippen MR) is 81.3 cm³/mol. The van der Waals surface area contributed by atoms with Crippen LogP contribution in [0.3, 0.4) is 0 Å². The Hall–Kier alpha value is -0.900. The van der Waals surface area contributed by atoms with Crippen molar-refractivity contribution in [3.63, 3.8) is 0 Å². The van der Waals surface area contributed by atoms with Gasteiger partial charge in [0.2, 0.25) is 0 Å². The number of aryl methyl sites for hydroxylation is 1. The van der Waals surface area contributed by atoms with Crippen molar-refractivity contribution in [1.29, 1.82) is 0 Å². The second-order valence-corrected chi connectivity index (χ2v) is 6.37. The van der Waals surface area contributed by atoms with Gasteiger partial charge in [0.1, 0.15) is 0 Å². The van der Waals surface area contributed by atoms with Gasteiger partial charge in [-0.3, -0.25) is 9.80 Å². The molecule has 19 heavy (non-hydrogen) atoms. The summed E-state index contributed by atoms with van der Waals surface area (Å²) in [4.78, 5) is 4.97. The standard InChI is InChI=1S/C16H27N3/c1-13-6-5-7-14(10-13)15(11-17)19-9-8-18(4)16(2,3)12-19/h5-7,10,15H,8-9,11-12,17H2,1-4H3. The fourth-order valence-electron chi connectivity index (χ4n) is 2.92. The smallest absolute Gasteiger partial charge is 0.0471 e. The predicted octanol–water partition coefficient (Wildman–Crippen LogP) is 2.02. The molecular weight excluding hydrogens is 234 g/mol. The molecule has 0 amide bonds. The zero-order valence-corrected chi connectivity index (χ0v) is 12.7. The molecule has 1 saturated heterocycles. The van der Waals surface area contributed by atoms with Gasteiger partial charge in [-0.1, -0.05) is 29.8 Å². The summed E-state index contributed by atoms with van der Waals surface area (Å²) in [7, 11) is 2.21. The molecule has 1 aliphatic rings. The Morgan fingerprint density at radius 2 is 2.05 bits per heavy atom. The van der Waals surface area contributed by atoms with Crippen LogP contribution >= 0.6 is 0 Å². The number of likely N-dealkylation sites (N-methyl/N-ethyl adjacent to an activating group) is 1. The maximum Gasteiger partial charge on any atom is 0.0471 e. The fourth-order valence-corrected chi connectivity index (χ4v) is 2.92. The molecule has 1 unspecified atom stereocenters. The van der Waals surface area contributed by atoms with Crippen molar-refractivity contribution in [2.24, 2.45) is 5.73 Å². The first-order valence-corrected chi connectivity index (χ1v) is 7.16. The zero-order chi connectivity index (χ0) is 14.0. The topological polar surface area (TPSA) is 32.5 Å². The van der Waals surface area contributed by atoms with Crippen LogP contribution < -0.4 is 5.73 Å². The van der Waals surface area contributed by atoms with Gasteiger partial charge in [0.15, 0.2) is 0 Å². The van der Waals surface area contributed by atoms with Crippen molar-refractivity contribution >= 4 is 0 Å². The van der Waals surface area contributed by atoms with E-state index in [0.29, 0.717) is 12.6 Å². The van der Waals surface area contributed by atoms with Gasteiger partial charge in [-0.25, -0.2) is 0 Å². The average Bonchev–Trinajstić information content (AvgIpc) is 2.34. The Kier molecular flexibility index (Phi) is 4.29. The zero-order valence-electron chi connectivity index (χ0n) is 12.7. The number of rotatable bonds is 3. The van der Waals surface area contributed by atoms with Crippen molar-refractivity contribution < 1.29 is 0 Å². The molecule has 0 aromatic heterocycles. The summed E-state index contributed by atoms with van der Waals surface area (Å²) in [5, 5.41) is 0. The minimum atomic E-state index is 0.218. The van der Waals surface area contributed by atoms with Gasteiger partial charge < -0.3 is 5.73 Å². The highest BCUT2D eigenvalue weighted by Crippen LogP contribution is 2.27. The van der Waals surface area contributed by atoms with Gasteiger partial charge >= 0.3 is 0 Å². The third kappa shape index (κ3) is 3.16. The van der Waals surface area contributed by atoms with Crippen LogP contribution in [0.15, 0.2) is 24.3 Å². The minimum Gasteiger partial charge on any atom is -0.329 e. The molecule has 0 saturated carbocycles. The highest BCUT2D eigenvalue weighted by Gasteiger charge is 2.34. The van der Waals surface area contributed by atoms with Gasteiger partial charge in [-0.05, 0) is 33.4 Å². The van der Waals surface area contributed by atoms with E-state index in [4.69, 9.17) is 5.73 Å². The van der Waals surface area contributed by atoms with Gasteiger partial charge in [-0.2, -0.15) is 0 Å². The van der Waals surface area contributed by atoms with E-state index in [-0.39, 0.29) is 5.54 Å². The number of piperazine rings is 1. The molecule has 0 bridgehead atoms. The summed E-state index contributed by atoms with van der Waals surface area (Å²) < 4.78 is 0. The fraction of sp³-hybridized carbons (Fsp3) is 0.625. The number of benzene rings is 1. The van der Waals surface area contributed by atoms with Crippen LogP contribution in [-0.4, -0.2) is 48.6 Å². The SMILES string of the molecule is Cc1cccc(C(CN)N2CCN(C)C(C)(C)C2)c1. The Morgan fingerprint density at radius 1 is 1.32 bits per heavy atom. The first kappa shape index (κ1) is 14.5. The monoisotopic (exact) mass is 261 g/mol. The molecule has 0 spiro atoms. The van der Waals surface area contributed by atoms with Crippen molar-refractivity contribution in [1.82, 2.24) is 9.80 Å². The van der Waals surface area contributed by atoms with Crippen LogP contribution in [0, 0.1) is 6.92 Å². The van der Waals surface area contributed by atoms with E-state index in [1.165, 1.54) is 11.1 Å². The Morgan fingerprint density at radius 3 is 2.63 bits per heavy atom. The summed E-state index contributed by atoms with van der Waals surface area (Å²) in [6.45, 7) is 10.7. The maximum absolute atomic E-state index is 6.05. The van der Waals surface area contributed by atoms with Gasteiger partial charge in [0.25, 0.3) is 0 Å². The number of hydrogen-bond acceptors (Lipinski definition) is 3. The molecule has 1 aromatic carbocycles. The molecule has 1 aliphatic heterocycles. The first-order chi connectivity index (χ1) is 8.94. The van der Waals surface area contributed by atoms with Gasteiger partial charge in [-0.15, -0.1) is 0 Å². The third-order valence-electron chi connectivity index (χ3n) is 4.44. The van der Waals surface area contributed by atoms with E-state index in [2.05, 4.69) is 61.9 Å². The van der Waals surface area contributed by atoms with Crippen LogP contribution in [0.25, 0.3) is 0 Å². The highest BCUT2D eigenvalue weighted by atomic mass is 15.3. The lowest BCUT2D eigenvalue weighted by atomic mass is 9.95. The second-order valence-electron chi connectivity index (χ2n) is 6.37. The Labute approximate surface area is 117 Å². The molecule has 1 atom stereocenters. The largest absolute Gasteiger partial charge is 0.329 e. The van der Waals surface area contributed by atoms with Crippen LogP contribution in [0.1, 0.15) is 31.0 Å². The molecular formula is C16H27N3. The van der Waals surface area contributed by atoms with E-state index < -0.39 is 0 Å². The molecule has 1 aromatic rings. The van der Waals surface area contributed by atoms with Crippen LogP contribution in [-0.2, 0) is 0 Å². The second kappa shape index (κ2) is 5.61. The summed E-state index contributed by atoms with van der Waals surface area (Å²) in [6, 6.07) is 9.09. The number of hydrogen-bond donors (Lipinski definition) is 1. The van der Waals surface area contributed by atoms with Crippen molar-refractivity contribution in [2.45, 2.75) is 32.4 Å². The molecule has 1 heterocycles. The summed E-state index contributed by atoms with van der Waals surface area (Å²) in [5.74, 6) is 0. The van der Waals surface area contributed by atoms with Crippen LogP contribution in [0.5, 0.6) is 0 Å². The van der Waals surface area contributed by atoms with Gasteiger partial charge in [0, 0.05) is 37.8 Å². The highest BCUT2D eigenvalue weighted by molar-refractivity contribution is 5.25. The lowest BCUT2D eigenvalue weighted by Crippen LogP contribution is -2.58. The van der Waals surface area contributed by atoms with Crippen molar-refractivity contribution in [3.05, 3.63) is 35.4 Å². The molecule has 0 radical (unpaired) electrons. The Bertz CT molecular complexity index is 428. The van der Waals surface area contributed by atoms with Crippen LogP contribution in [0.4, 0.5) is 0 Å². The van der Waals surface area contributed by atoms with Crippen LogP contribution in [0.2, 0.25) is 0 Å². The molecule has 3 nitrogen and oxygen atoms in total. The van der Waals surface area contributed by atoms with E-state index in [1.54, 1.807) is 0 Å². The number of nitrogens with two attached hydrogens (primary N) is 1. The summed E-state index contributed by atoms with van der Waals surface area (Å²) in [5.41, 5.74) is 8.93. The maximum atomic E-state index is 6.05. The molecule has 2 rings (SSSR count). The first-order valence-electron chi connectivity index (χ1n) is 7.16. The third-order valence-corrected chi connectivity index (χ3v) is 4.44. The minimum absolute atomic E-state index is 0.218. The number of nitrogens with zero attached hydrogens (tertiary/aromatic N) is 2. The molecule has 0 aliphatic carbocycles. The van der Waals surface area contributed by atoms with E-state index in [9.17, 15) is 0 Å². The molecule has 2 N–H and O–H groups in total. The average molecular weight is 261 g/mol. The quantitative estimate of drug-likeness (QED) is 0.903. The van der Waals surface area contributed by atoms with E-state index in [0.717, 1.165) is 19.6 Å². The molecule has 1 fully saturated rings.